The predicted molar refractivity (Wildman–Crippen MR) is 290 cm³/mol. The number of fused-ring (bicyclic) bond motifs is 6. The van der Waals surface area contributed by atoms with Crippen LogP contribution in [0.1, 0.15) is 0 Å². The Kier molecular flexibility index (Phi) is 9.54. The molecule has 0 unspecified atom stereocenters. The van der Waals surface area contributed by atoms with E-state index in [2.05, 4.69) is 276 Å². The van der Waals surface area contributed by atoms with Gasteiger partial charge in [-0.2, -0.15) is 0 Å². The molecule has 0 aliphatic heterocycles. The molecule has 13 rings (SSSR count). The lowest BCUT2D eigenvalue weighted by Crippen LogP contribution is -2.10. The summed E-state index contributed by atoms with van der Waals surface area (Å²) in [6.45, 7) is 0. The van der Waals surface area contributed by atoms with Crippen molar-refractivity contribution in [3.8, 4) is 50.2 Å². The van der Waals surface area contributed by atoms with E-state index in [-0.39, 0.29) is 0 Å². The molecular formula is C66H44N2. The number of para-hydroxylation sites is 2. The van der Waals surface area contributed by atoms with Crippen LogP contribution in [0.3, 0.4) is 0 Å². The normalized spacial score (nSPS) is 11.5. The van der Waals surface area contributed by atoms with Crippen molar-refractivity contribution in [1.82, 2.24) is 4.57 Å². The second kappa shape index (κ2) is 16.5. The van der Waals surface area contributed by atoms with Gasteiger partial charge in [0.1, 0.15) is 0 Å². The smallest absolute Gasteiger partial charge is 0.0553 e. The highest BCUT2D eigenvalue weighted by molar-refractivity contribution is 6.23. The van der Waals surface area contributed by atoms with E-state index in [0.717, 1.165) is 22.7 Å². The molecule has 12 aromatic carbocycles. The minimum atomic E-state index is 1.08. The molecular weight excluding hydrogens is 821 g/mol. The van der Waals surface area contributed by atoms with E-state index in [1.165, 1.54) is 98.6 Å². The maximum absolute atomic E-state index is 2.42. The summed E-state index contributed by atoms with van der Waals surface area (Å²) in [7, 11) is 0. The molecule has 318 valence electrons. The van der Waals surface area contributed by atoms with Crippen LogP contribution in [0.4, 0.5) is 17.1 Å². The molecule has 0 spiro atoms. The third-order valence-electron chi connectivity index (χ3n) is 13.7. The average Bonchev–Trinajstić information content (AvgIpc) is 3.74. The summed E-state index contributed by atoms with van der Waals surface area (Å²) < 4.78 is 2.42. The van der Waals surface area contributed by atoms with Gasteiger partial charge in [0.2, 0.25) is 0 Å². The van der Waals surface area contributed by atoms with Gasteiger partial charge in [-0.05, 0) is 144 Å². The first-order chi connectivity index (χ1) is 33.7. The topological polar surface area (TPSA) is 8.17 Å². The molecule has 2 heteroatoms. The molecule has 1 heterocycles. The van der Waals surface area contributed by atoms with E-state index < -0.39 is 0 Å². The monoisotopic (exact) mass is 864 g/mol. The Labute approximate surface area is 395 Å². The van der Waals surface area contributed by atoms with Crippen LogP contribution in [0.5, 0.6) is 0 Å². The van der Waals surface area contributed by atoms with Crippen LogP contribution in [0.2, 0.25) is 0 Å². The number of benzene rings is 12. The van der Waals surface area contributed by atoms with Gasteiger partial charge >= 0.3 is 0 Å². The van der Waals surface area contributed by atoms with Crippen molar-refractivity contribution in [3.63, 3.8) is 0 Å². The van der Waals surface area contributed by atoms with Crippen molar-refractivity contribution >= 4 is 71.2 Å². The van der Waals surface area contributed by atoms with E-state index in [1.54, 1.807) is 0 Å². The number of nitrogens with zero attached hydrogens (tertiary/aromatic N) is 2. The molecule has 0 aliphatic carbocycles. The van der Waals surface area contributed by atoms with Gasteiger partial charge in [-0.15, -0.1) is 0 Å². The Morgan fingerprint density at radius 2 is 0.809 bits per heavy atom. The van der Waals surface area contributed by atoms with E-state index in [4.69, 9.17) is 0 Å². The standard InChI is InChI=1S/C66H44N2/c1-2-20-55(21-3-1)68-63-27-11-10-25-62(63)66-64(68)44-53-17-7-9-24-61(53)65(66)54-19-12-22-58(43-54)67(57-40-36-48(37-41-57)52-33-30-45-14-4-5-16-51(45)42-52)56-38-34-47(35-39-56)46-28-31-50(32-29-46)60-26-13-18-49-15-6-8-23-59(49)60/h1-44H. The van der Waals surface area contributed by atoms with E-state index in [1.807, 2.05) is 0 Å². The summed E-state index contributed by atoms with van der Waals surface area (Å²) in [4.78, 5) is 2.40. The Balaban J connectivity index is 0.943. The summed E-state index contributed by atoms with van der Waals surface area (Å²) >= 11 is 0. The first-order valence-corrected chi connectivity index (χ1v) is 23.4. The number of hydrogen-bond donors (Lipinski definition) is 0. The van der Waals surface area contributed by atoms with Gasteiger partial charge in [0, 0.05) is 33.5 Å². The lowest BCUT2D eigenvalue weighted by atomic mass is 9.92. The second-order valence-electron chi connectivity index (χ2n) is 17.7. The van der Waals surface area contributed by atoms with Gasteiger partial charge in [-0.3, -0.25) is 0 Å². The number of aromatic nitrogens is 1. The highest BCUT2D eigenvalue weighted by Crippen LogP contribution is 2.45. The molecule has 1 aromatic heterocycles. The van der Waals surface area contributed by atoms with Crippen molar-refractivity contribution in [3.05, 3.63) is 267 Å². The largest absolute Gasteiger partial charge is 0.310 e. The number of anilines is 3. The van der Waals surface area contributed by atoms with Crippen LogP contribution in [-0.2, 0) is 0 Å². The lowest BCUT2D eigenvalue weighted by Gasteiger charge is -2.27. The summed E-state index contributed by atoms with van der Waals surface area (Å²) in [5.74, 6) is 0. The van der Waals surface area contributed by atoms with Crippen LogP contribution in [0.15, 0.2) is 267 Å². The number of hydrogen-bond acceptors (Lipinski definition) is 1. The SMILES string of the molecule is c1ccc(-n2c3ccccc3c3c(-c4cccc(N(c5ccc(-c6ccc(-c7cccc8ccccc78)cc6)cc5)c5ccc(-c6ccc7ccccc7c6)cc5)c4)c4ccccc4cc32)cc1. The molecule has 0 saturated carbocycles. The molecule has 68 heavy (non-hydrogen) atoms. The zero-order valence-corrected chi connectivity index (χ0v) is 37.3. The second-order valence-corrected chi connectivity index (χ2v) is 17.7. The maximum atomic E-state index is 2.42. The fourth-order valence-corrected chi connectivity index (χ4v) is 10.5. The van der Waals surface area contributed by atoms with Crippen LogP contribution in [0, 0.1) is 0 Å². The molecule has 0 N–H and O–H groups in total. The quantitative estimate of drug-likeness (QED) is 0.148. The van der Waals surface area contributed by atoms with Crippen molar-refractivity contribution in [2.45, 2.75) is 0 Å². The highest BCUT2D eigenvalue weighted by Gasteiger charge is 2.21. The molecule has 0 radical (unpaired) electrons. The molecule has 0 bridgehead atoms. The van der Waals surface area contributed by atoms with Gasteiger partial charge in [-0.1, -0.05) is 200 Å². The molecule has 0 amide bonds. The van der Waals surface area contributed by atoms with Gasteiger partial charge in [-0.25, -0.2) is 0 Å². The molecule has 2 nitrogen and oxygen atoms in total. The molecule has 13 aromatic rings. The first kappa shape index (κ1) is 39.4. The minimum absolute atomic E-state index is 1.08. The molecule has 0 atom stereocenters. The van der Waals surface area contributed by atoms with Crippen LogP contribution >= 0.6 is 0 Å². The van der Waals surface area contributed by atoms with Crippen molar-refractivity contribution in [2.75, 3.05) is 4.90 Å². The van der Waals surface area contributed by atoms with Crippen molar-refractivity contribution in [1.29, 1.82) is 0 Å². The summed E-state index contributed by atoms with van der Waals surface area (Å²) in [6.07, 6.45) is 0. The summed E-state index contributed by atoms with van der Waals surface area (Å²) in [5, 5.41) is 9.94. The zero-order chi connectivity index (χ0) is 45.0. The van der Waals surface area contributed by atoms with Crippen molar-refractivity contribution in [2.24, 2.45) is 0 Å². The Morgan fingerprint density at radius 3 is 1.56 bits per heavy atom. The molecule has 0 fully saturated rings. The van der Waals surface area contributed by atoms with Gasteiger partial charge in [0.05, 0.1) is 11.0 Å². The van der Waals surface area contributed by atoms with Crippen LogP contribution < -0.4 is 4.90 Å². The summed E-state index contributed by atoms with van der Waals surface area (Å²) in [6, 6.07) is 97.5. The van der Waals surface area contributed by atoms with Crippen molar-refractivity contribution < 1.29 is 0 Å². The Hall–Kier alpha value is -8.98. The fraction of sp³-hybridized carbons (Fsp3) is 0. The molecule has 0 saturated heterocycles. The minimum Gasteiger partial charge on any atom is -0.310 e. The Morgan fingerprint density at radius 1 is 0.265 bits per heavy atom. The van der Waals surface area contributed by atoms with Crippen LogP contribution in [0.25, 0.3) is 104 Å². The average molecular weight is 865 g/mol. The first-order valence-electron chi connectivity index (χ1n) is 23.4. The predicted octanol–water partition coefficient (Wildman–Crippen LogP) is 18.4. The molecule has 0 aliphatic rings. The maximum Gasteiger partial charge on any atom is 0.0553 e. The van der Waals surface area contributed by atoms with E-state index in [9.17, 15) is 0 Å². The van der Waals surface area contributed by atoms with Crippen LogP contribution in [-0.4, -0.2) is 4.57 Å². The highest BCUT2D eigenvalue weighted by atomic mass is 15.1. The third-order valence-corrected chi connectivity index (χ3v) is 13.7. The van der Waals surface area contributed by atoms with Gasteiger partial charge in [0.25, 0.3) is 0 Å². The van der Waals surface area contributed by atoms with E-state index >= 15 is 0 Å². The lowest BCUT2D eigenvalue weighted by molar-refractivity contribution is 1.18. The summed E-state index contributed by atoms with van der Waals surface area (Å²) in [5.41, 5.74) is 16.4. The zero-order valence-electron chi connectivity index (χ0n) is 37.3. The van der Waals surface area contributed by atoms with Gasteiger partial charge in [0.15, 0.2) is 0 Å². The van der Waals surface area contributed by atoms with E-state index in [0.29, 0.717) is 0 Å². The number of rotatable bonds is 8. The third kappa shape index (κ3) is 6.82. The van der Waals surface area contributed by atoms with Gasteiger partial charge < -0.3 is 9.47 Å². The fourth-order valence-electron chi connectivity index (χ4n) is 10.5. The Bertz CT molecular complexity index is 3990.